The predicted molar refractivity (Wildman–Crippen MR) is 107 cm³/mol. The number of benzene rings is 2. The molecule has 0 aliphatic rings. The number of hydrogen-bond acceptors (Lipinski definition) is 3. The van der Waals surface area contributed by atoms with Crippen molar-refractivity contribution in [3.05, 3.63) is 59.2 Å². The summed E-state index contributed by atoms with van der Waals surface area (Å²) in [5.41, 5.74) is 4.19. The van der Waals surface area contributed by atoms with Crippen LogP contribution in [0.3, 0.4) is 0 Å². The average Bonchev–Trinajstić information content (AvgIpc) is 2.53. The van der Waals surface area contributed by atoms with Gasteiger partial charge in [0, 0.05) is 5.69 Å². The SMILES string of the molecule is CCc1ccc(NC(=O)[C@@H](C)N(c2cc(C)cc(C)c2)S(C)(=O)=O)cc1. The van der Waals surface area contributed by atoms with E-state index in [1.165, 1.54) is 9.87 Å². The zero-order valence-electron chi connectivity index (χ0n) is 15.9. The van der Waals surface area contributed by atoms with E-state index in [-0.39, 0.29) is 5.91 Å². The Kier molecular flexibility index (Phi) is 6.08. The molecular weight excluding hydrogens is 348 g/mol. The molecule has 5 nitrogen and oxygen atoms in total. The lowest BCUT2D eigenvalue weighted by molar-refractivity contribution is -0.116. The van der Waals surface area contributed by atoms with Crippen molar-refractivity contribution >= 4 is 27.3 Å². The van der Waals surface area contributed by atoms with Crippen LogP contribution >= 0.6 is 0 Å². The Morgan fingerprint density at radius 2 is 1.62 bits per heavy atom. The highest BCUT2D eigenvalue weighted by molar-refractivity contribution is 7.92. The first-order valence-electron chi connectivity index (χ1n) is 8.59. The predicted octanol–water partition coefficient (Wildman–Crippen LogP) is 3.66. The van der Waals surface area contributed by atoms with Crippen LogP contribution in [-0.2, 0) is 21.2 Å². The minimum Gasteiger partial charge on any atom is -0.324 e. The molecule has 0 saturated heterocycles. The highest BCUT2D eigenvalue weighted by Gasteiger charge is 2.29. The molecule has 0 aliphatic carbocycles. The molecule has 0 fully saturated rings. The van der Waals surface area contributed by atoms with Crippen molar-refractivity contribution in [2.24, 2.45) is 0 Å². The van der Waals surface area contributed by atoms with Crippen LogP contribution in [0.15, 0.2) is 42.5 Å². The van der Waals surface area contributed by atoms with Crippen molar-refractivity contribution in [2.45, 2.75) is 40.2 Å². The van der Waals surface area contributed by atoms with Gasteiger partial charge in [-0.2, -0.15) is 0 Å². The van der Waals surface area contributed by atoms with Gasteiger partial charge in [-0.25, -0.2) is 8.42 Å². The second-order valence-electron chi connectivity index (χ2n) is 6.62. The smallest absolute Gasteiger partial charge is 0.247 e. The number of hydrogen-bond donors (Lipinski definition) is 1. The van der Waals surface area contributed by atoms with Crippen molar-refractivity contribution in [2.75, 3.05) is 15.9 Å². The van der Waals surface area contributed by atoms with E-state index >= 15 is 0 Å². The quantitative estimate of drug-likeness (QED) is 0.839. The third-order valence-corrected chi connectivity index (χ3v) is 5.42. The third kappa shape index (κ3) is 4.85. The van der Waals surface area contributed by atoms with Gasteiger partial charge in [0.25, 0.3) is 0 Å². The van der Waals surface area contributed by atoms with Crippen molar-refractivity contribution in [1.82, 2.24) is 0 Å². The molecule has 1 N–H and O–H groups in total. The Bertz CT molecular complexity index is 870. The van der Waals surface area contributed by atoms with Crippen LogP contribution in [0.1, 0.15) is 30.5 Å². The van der Waals surface area contributed by atoms with E-state index in [9.17, 15) is 13.2 Å². The number of carbonyl (C=O) groups is 1. The number of sulfonamides is 1. The highest BCUT2D eigenvalue weighted by Crippen LogP contribution is 2.24. The van der Waals surface area contributed by atoms with E-state index in [1.807, 2.05) is 44.2 Å². The molecule has 140 valence electrons. The standard InChI is InChI=1S/C20H26N2O3S/c1-6-17-7-9-18(10-8-17)21-20(23)16(4)22(26(5,24)25)19-12-14(2)11-15(3)13-19/h7-13,16H,6H2,1-5H3,(H,21,23)/t16-/m1/s1. The summed E-state index contributed by atoms with van der Waals surface area (Å²) in [6.45, 7) is 7.45. The summed E-state index contributed by atoms with van der Waals surface area (Å²) in [4.78, 5) is 12.7. The summed E-state index contributed by atoms with van der Waals surface area (Å²) in [6.07, 6.45) is 2.03. The molecule has 0 unspecified atom stereocenters. The van der Waals surface area contributed by atoms with E-state index in [4.69, 9.17) is 0 Å². The van der Waals surface area contributed by atoms with Crippen LogP contribution in [0.5, 0.6) is 0 Å². The molecule has 0 spiro atoms. The first-order valence-corrected chi connectivity index (χ1v) is 10.4. The Morgan fingerprint density at radius 1 is 1.08 bits per heavy atom. The lowest BCUT2D eigenvalue weighted by atomic mass is 10.1. The number of anilines is 2. The minimum absolute atomic E-state index is 0.376. The molecule has 0 radical (unpaired) electrons. The van der Waals surface area contributed by atoms with Gasteiger partial charge < -0.3 is 5.32 Å². The van der Waals surface area contributed by atoms with Crippen LogP contribution in [0.25, 0.3) is 0 Å². The molecule has 1 atom stereocenters. The van der Waals surface area contributed by atoms with Crippen LogP contribution in [0, 0.1) is 13.8 Å². The average molecular weight is 375 g/mol. The second kappa shape index (κ2) is 7.91. The van der Waals surface area contributed by atoms with Gasteiger partial charge in [-0.3, -0.25) is 9.10 Å². The summed E-state index contributed by atoms with van der Waals surface area (Å²) >= 11 is 0. The maximum absolute atomic E-state index is 12.7. The maximum atomic E-state index is 12.7. The molecule has 0 aliphatic heterocycles. The van der Waals surface area contributed by atoms with Crippen LogP contribution in [0.2, 0.25) is 0 Å². The topological polar surface area (TPSA) is 66.5 Å². The zero-order chi connectivity index (χ0) is 19.5. The fraction of sp³-hybridized carbons (Fsp3) is 0.350. The summed E-state index contributed by atoms with van der Waals surface area (Å²) in [5.74, 6) is -0.376. The Hall–Kier alpha value is -2.34. The van der Waals surface area contributed by atoms with Gasteiger partial charge in [-0.05, 0) is 68.1 Å². The summed E-state index contributed by atoms with van der Waals surface area (Å²) < 4.78 is 25.9. The molecule has 0 aromatic heterocycles. The lowest BCUT2D eigenvalue weighted by Crippen LogP contribution is -2.45. The molecule has 0 heterocycles. The molecule has 26 heavy (non-hydrogen) atoms. The van der Waals surface area contributed by atoms with Crippen molar-refractivity contribution < 1.29 is 13.2 Å². The second-order valence-corrected chi connectivity index (χ2v) is 8.48. The van der Waals surface area contributed by atoms with Gasteiger partial charge in [-0.15, -0.1) is 0 Å². The van der Waals surface area contributed by atoms with Crippen molar-refractivity contribution in [3.63, 3.8) is 0 Å². The molecule has 6 heteroatoms. The third-order valence-electron chi connectivity index (χ3n) is 4.18. The summed E-state index contributed by atoms with van der Waals surface area (Å²) in [7, 11) is -3.63. The number of amides is 1. The summed E-state index contributed by atoms with van der Waals surface area (Å²) in [5, 5.41) is 2.80. The van der Waals surface area contributed by atoms with Gasteiger partial charge in [-0.1, -0.05) is 25.1 Å². The molecule has 2 aromatic rings. The van der Waals surface area contributed by atoms with Gasteiger partial charge in [0.15, 0.2) is 0 Å². The summed E-state index contributed by atoms with van der Waals surface area (Å²) in [6, 6.07) is 12.2. The van der Waals surface area contributed by atoms with Gasteiger partial charge in [0.05, 0.1) is 11.9 Å². The maximum Gasteiger partial charge on any atom is 0.247 e. The number of carbonyl (C=O) groups excluding carboxylic acids is 1. The minimum atomic E-state index is -3.63. The van der Waals surface area contributed by atoms with Gasteiger partial charge in [0.2, 0.25) is 15.9 Å². The van der Waals surface area contributed by atoms with Gasteiger partial charge >= 0.3 is 0 Å². The highest BCUT2D eigenvalue weighted by atomic mass is 32.2. The van der Waals surface area contributed by atoms with E-state index in [0.29, 0.717) is 11.4 Å². The Labute approximate surface area is 156 Å². The molecule has 2 aromatic carbocycles. The zero-order valence-corrected chi connectivity index (χ0v) is 16.7. The monoisotopic (exact) mass is 374 g/mol. The van der Waals surface area contributed by atoms with E-state index in [2.05, 4.69) is 12.2 Å². The number of aryl methyl sites for hydroxylation is 3. The molecule has 2 rings (SSSR count). The van der Waals surface area contributed by atoms with E-state index in [0.717, 1.165) is 23.8 Å². The van der Waals surface area contributed by atoms with E-state index < -0.39 is 16.1 Å². The number of rotatable bonds is 6. The number of nitrogens with zero attached hydrogens (tertiary/aromatic N) is 1. The molecule has 0 bridgehead atoms. The largest absolute Gasteiger partial charge is 0.324 e. The van der Waals surface area contributed by atoms with Crippen molar-refractivity contribution in [3.8, 4) is 0 Å². The molecular formula is C20H26N2O3S. The lowest BCUT2D eigenvalue weighted by Gasteiger charge is -2.28. The van der Waals surface area contributed by atoms with Crippen LogP contribution in [0.4, 0.5) is 11.4 Å². The fourth-order valence-electron chi connectivity index (χ4n) is 2.96. The fourth-order valence-corrected chi connectivity index (χ4v) is 4.12. The Morgan fingerprint density at radius 3 is 2.08 bits per heavy atom. The van der Waals surface area contributed by atoms with Crippen LogP contribution < -0.4 is 9.62 Å². The first kappa shape index (κ1) is 20.0. The normalized spacial score (nSPS) is 12.5. The van der Waals surface area contributed by atoms with E-state index in [1.54, 1.807) is 19.1 Å². The Balaban J connectivity index is 2.31. The first-order chi connectivity index (χ1) is 12.1. The molecule has 0 saturated carbocycles. The number of nitrogens with one attached hydrogen (secondary N) is 1. The van der Waals surface area contributed by atoms with Crippen LogP contribution in [-0.4, -0.2) is 26.6 Å². The van der Waals surface area contributed by atoms with Gasteiger partial charge in [0.1, 0.15) is 6.04 Å². The van der Waals surface area contributed by atoms with Crippen molar-refractivity contribution in [1.29, 1.82) is 0 Å². The molecule has 1 amide bonds.